The summed E-state index contributed by atoms with van der Waals surface area (Å²) in [6, 6.07) is 19.7. The first kappa shape index (κ1) is 18.0. The lowest BCUT2D eigenvalue weighted by molar-refractivity contribution is 1.41. The molecule has 0 aliphatic rings. The van der Waals surface area contributed by atoms with Crippen LogP contribution in [0, 0.1) is 0 Å². The average Bonchev–Trinajstić information content (AvgIpc) is 3.48. The van der Waals surface area contributed by atoms with Crippen LogP contribution in [0.25, 0.3) is 10.8 Å². The number of nitrogens with one attached hydrogen (secondary N) is 4. The van der Waals surface area contributed by atoms with Crippen LogP contribution in [-0.4, -0.2) is 27.8 Å². The molecule has 4 nitrogen and oxygen atoms in total. The Morgan fingerprint density at radius 1 is 0.560 bits per heavy atom. The molecule has 0 saturated carbocycles. The largest absolute Gasteiger partial charge is 0.373 e. The number of rotatable bonds is 0. The normalized spacial score (nSPS) is 8.96. The molecular weight excluding hydrogens is 307 g/mol. The van der Waals surface area contributed by atoms with Crippen LogP contribution in [0.15, 0.2) is 104 Å². The Morgan fingerprint density at radius 2 is 1.00 bits per heavy atom. The van der Waals surface area contributed by atoms with Gasteiger partial charge in [0.1, 0.15) is 7.85 Å². The molecule has 5 heteroatoms. The number of hydrogen-bond donors (Lipinski definition) is 4. The molecule has 0 aliphatic carbocycles. The average molecular weight is 328 g/mol. The topological polar surface area (TPSA) is 63.2 Å². The van der Waals surface area contributed by atoms with E-state index in [1.54, 1.807) is 0 Å². The first-order valence-corrected chi connectivity index (χ1v) is 7.93. The Balaban J connectivity index is 0.000000129. The fraction of sp³-hybridized carbons (Fsp3) is 0. The Hall–Kier alpha value is -3.34. The zero-order valence-electron chi connectivity index (χ0n) is 13.9. The molecule has 0 unspecified atom stereocenters. The van der Waals surface area contributed by atoms with Crippen LogP contribution in [0.3, 0.4) is 0 Å². The third-order valence-electron chi connectivity index (χ3n) is 3.12. The predicted octanol–water partition coefficient (Wildman–Crippen LogP) is 4.01. The molecule has 0 saturated heterocycles. The first-order valence-electron chi connectivity index (χ1n) is 7.93. The van der Waals surface area contributed by atoms with E-state index in [1.807, 2.05) is 104 Å². The van der Waals surface area contributed by atoms with E-state index in [-0.39, 0.29) is 0 Å². The third kappa shape index (κ3) is 7.18. The molecule has 25 heavy (non-hydrogen) atoms. The van der Waals surface area contributed by atoms with Crippen molar-refractivity contribution < 1.29 is 0 Å². The number of hydrogen-bond acceptors (Lipinski definition) is 0. The number of fused-ring (bicyclic) bond motifs is 1. The number of aromatic nitrogens is 4. The van der Waals surface area contributed by atoms with E-state index in [0.717, 1.165) is 11.0 Å². The van der Waals surface area contributed by atoms with Crippen LogP contribution in [0.1, 0.15) is 0 Å². The van der Waals surface area contributed by atoms with E-state index < -0.39 is 0 Å². The van der Waals surface area contributed by atoms with Crippen LogP contribution in [0.2, 0.25) is 0 Å². The first-order chi connectivity index (χ1) is 12.4. The maximum Gasteiger partial charge on any atom is 0.139 e. The summed E-state index contributed by atoms with van der Waals surface area (Å²) >= 11 is 0. The summed E-state index contributed by atoms with van der Waals surface area (Å²) in [6.07, 6.45) is 13.2. The van der Waals surface area contributed by atoms with Crippen molar-refractivity contribution in [3.05, 3.63) is 104 Å². The van der Waals surface area contributed by atoms with Gasteiger partial charge in [0.15, 0.2) is 0 Å². The Kier molecular flexibility index (Phi) is 8.10. The van der Waals surface area contributed by atoms with Gasteiger partial charge >= 0.3 is 0 Å². The van der Waals surface area contributed by atoms with Gasteiger partial charge < -0.3 is 19.9 Å². The molecule has 0 spiro atoms. The minimum absolute atomic E-state index is 0.746. The van der Waals surface area contributed by atoms with E-state index >= 15 is 0 Å². The van der Waals surface area contributed by atoms with Crippen LogP contribution < -0.4 is 5.59 Å². The van der Waals surface area contributed by atoms with Crippen molar-refractivity contribution in [2.24, 2.45) is 0 Å². The minimum Gasteiger partial charge on any atom is -0.373 e. The van der Waals surface area contributed by atoms with Gasteiger partial charge in [-0.1, -0.05) is 24.3 Å². The van der Waals surface area contributed by atoms with Gasteiger partial charge in [-0.3, -0.25) is 0 Å². The molecule has 0 atom stereocenters. The van der Waals surface area contributed by atoms with E-state index in [0.29, 0.717) is 0 Å². The van der Waals surface area contributed by atoms with Crippen molar-refractivity contribution >= 4 is 24.2 Å². The van der Waals surface area contributed by atoms with Crippen molar-refractivity contribution in [2.45, 2.75) is 0 Å². The predicted molar refractivity (Wildman–Crippen MR) is 106 cm³/mol. The van der Waals surface area contributed by atoms with E-state index in [2.05, 4.69) is 19.9 Å². The Morgan fingerprint density at radius 3 is 1.36 bits per heavy atom. The van der Waals surface area contributed by atoms with Crippen molar-refractivity contribution in [3.63, 3.8) is 0 Å². The molecule has 5 aromatic rings. The molecule has 5 rings (SSSR count). The molecule has 124 valence electrons. The van der Waals surface area contributed by atoms with E-state index in [9.17, 15) is 0 Å². The molecule has 4 heterocycles. The molecule has 4 N–H and O–H groups in total. The zero-order chi connectivity index (χ0) is 17.6. The third-order valence-corrected chi connectivity index (χ3v) is 3.12. The Labute approximate surface area is 148 Å². The standard InChI is InChI=1S/C8H6BN.3C4H5N/c9-8-7-4-2-1-3-6(7)5-10-8;3*1-2-4-5-3-1/h1-5,10H;3*1-5H. The second-order valence-corrected chi connectivity index (χ2v) is 4.94. The SMILES string of the molecule is [B]c1[nH]cc2ccccc12.c1cc[nH]c1.c1cc[nH]c1.c1cc[nH]c1. The molecule has 0 aliphatic heterocycles. The Bertz CT molecular complexity index is 746. The molecule has 0 amide bonds. The lowest BCUT2D eigenvalue weighted by Crippen LogP contribution is -2.01. The van der Waals surface area contributed by atoms with E-state index in [1.165, 1.54) is 5.39 Å². The summed E-state index contributed by atoms with van der Waals surface area (Å²) in [6.45, 7) is 0. The van der Waals surface area contributed by atoms with Crippen molar-refractivity contribution in [2.75, 3.05) is 0 Å². The van der Waals surface area contributed by atoms with Crippen molar-refractivity contribution in [1.82, 2.24) is 19.9 Å². The summed E-state index contributed by atoms with van der Waals surface area (Å²) < 4.78 is 0. The molecule has 4 aromatic heterocycles. The highest BCUT2D eigenvalue weighted by Gasteiger charge is 1.93. The molecule has 1 aromatic carbocycles. The van der Waals surface area contributed by atoms with Gasteiger partial charge in [0, 0.05) is 43.4 Å². The summed E-state index contributed by atoms with van der Waals surface area (Å²) in [4.78, 5) is 11.5. The lowest BCUT2D eigenvalue weighted by Gasteiger charge is -1.87. The molecular formula is C20H21BN4. The lowest BCUT2D eigenvalue weighted by atomic mass is 10.0. The summed E-state index contributed by atoms with van der Waals surface area (Å²) in [7, 11) is 5.62. The van der Waals surface area contributed by atoms with Crippen LogP contribution in [0.4, 0.5) is 0 Å². The van der Waals surface area contributed by atoms with E-state index in [4.69, 9.17) is 7.85 Å². The summed E-state index contributed by atoms with van der Waals surface area (Å²) in [5, 5.41) is 2.27. The highest BCUT2D eigenvalue weighted by atomic mass is 14.7. The minimum atomic E-state index is 0.746. The molecule has 0 bridgehead atoms. The fourth-order valence-electron chi connectivity index (χ4n) is 1.93. The van der Waals surface area contributed by atoms with Gasteiger partial charge in [0.2, 0.25) is 0 Å². The summed E-state index contributed by atoms with van der Waals surface area (Å²) in [5.74, 6) is 0. The highest BCUT2D eigenvalue weighted by molar-refractivity contribution is 6.37. The van der Waals surface area contributed by atoms with Gasteiger partial charge in [0.05, 0.1) is 0 Å². The number of benzene rings is 1. The van der Waals surface area contributed by atoms with Crippen LogP contribution in [0.5, 0.6) is 0 Å². The smallest absolute Gasteiger partial charge is 0.139 e. The van der Waals surface area contributed by atoms with Gasteiger partial charge in [-0.05, 0) is 52.8 Å². The second kappa shape index (κ2) is 11.2. The van der Waals surface area contributed by atoms with Gasteiger partial charge in [0.25, 0.3) is 0 Å². The molecule has 0 fully saturated rings. The molecule has 2 radical (unpaired) electrons. The zero-order valence-corrected chi connectivity index (χ0v) is 13.9. The monoisotopic (exact) mass is 328 g/mol. The number of H-pyrrole nitrogens is 4. The van der Waals surface area contributed by atoms with Gasteiger partial charge in [-0.2, -0.15) is 0 Å². The van der Waals surface area contributed by atoms with Crippen LogP contribution in [-0.2, 0) is 0 Å². The maximum absolute atomic E-state index is 5.62. The summed E-state index contributed by atoms with van der Waals surface area (Å²) in [5.41, 5.74) is 0.746. The van der Waals surface area contributed by atoms with Gasteiger partial charge in [-0.15, -0.1) is 0 Å². The fourth-order valence-corrected chi connectivity index (χ4v) is 1.93. The van der Waals surface area contributed by atoms with Crippen LogP contribution >= 0.6 is 0 Å². The van der Waals surface area contributed by atoms with Gasteiger partial charge in [-0.25, -0.2) is 0 Å². The maximum atomic E-state index is 5.62. The second-order valence-electron chi connectivity index (χ2n) is 4.94. The highest BCUT2D eigenvalue weighted by Crippen LogP contribution is 2.08. The van der Waals surface area contributed by atoms with Crippen molar-refractivity contribution in [3.8, 4) is 0 Å². The van der Waals surface area contributed by atoms with Crippen molar-refractivity contribution in [1.29, 1.82) is 0 Å². The number of aromatic amines is 4. The quantitative estimate of drug-likeness (QED) is 0.311.